The smallest absolute Gasteiger partial charge is 0.346 e. The first-order valence-corrected chi connectivity index (χ1v) is 25.9. The normalized spacial score (nSPS) is 11.8. The summed E-state index contributed by atoms with van der Waals surface area (Å²) in [6.45, 7) is 2.66. The van der Waals surface area contributed by atoms with Crippen LogP contribution in [0.15, 0.2) is 63.5 Å². The van der Waals surface area contributed by atoms with Gasteiger partial charge in [-0.3, -0.25) is 14.5 Å². The summed E-state index contributed by atoms with van der Waals surface area (Å²) in [6.07, 6.45) is 25.2. The molecule has 0 saturated heterocycles. The summed E-state index contributed by atoms with van der Waals surface area (Å²) >= 11 is 7.48. The average molecular weight is 1090 g/mol. The topological polar surface area (TPSA) is 99.2 Å². The summed E-state index contributed by atoms with van der Waals surface area (Å²) in [7, 11) is 0. The fourth-order valence-electron chi connectivity index (χ4n) is 9.40. The lowest BCUT2D eigenvalue weighted by molar-refractivity contribution is 0.0390. The van der Waals surface area contributed by atoms with Gasteiger partial charge in [-0.05, 0) is 101 Å². The third-order valence-electron chi connectivity index (χ3n) is 12.7. The van der Waals surface area contributed by atoms with Crippen molar-refractivity contribution in [3.05, 3.63) is 91.4 Å². The van der Waals surface area contributed by atoms with Crippen LogP contribution in [-0.4, -0.2) is 35.3 Å². The van der Waals surface area contributed by atoms with E-state index in [9.17, 15) is 19.2 Å². The van der Waals surface area contributed by atoms with Gasteiger partial charge in [0.05, 0.1) is 24.3 Å². The van der Waals surface area contributed by atoms with Crippen LogP contribution >= 0.6 is 31.9 Å². The van der Waals surface area contributed by atoms with E-state index in [0.29, 0.717) is 65.3 Å². The zero-order chi connectivity index (χ0) is 51.1. The molecule has 10 heteroatoms. The molecule has 0 N–H and O–H groups in total. The summed E-state index contributed by atoms with van der Waals surface area (Å²) in [5.74, 6) is 33.5. The molecule has 2 amide bonds. The molecule has 6 aromatic rings. The number of ether oxygens (including phenoxy) is 3. The fourth-order valence-corrected chi connectivity index (χ4v) is 10.7. The minimum atomic E-state index is -0.726. The highest BCUT2D eigenvalue weighted by molar-refractivity contribution is 9.11. The fraction of sp³-hybridized carbons (Fsp3) is 0.270. The number of rotatable bonds is 19. The highest BCUT2D eigenvalue weighted by Gasteiger charge is 2.37. The van der Waals surface area contributed by atoms with Crippen LogP contribution in [0.25, 0.3) is 43.1 Å². The van der Waals surface area contributed by atoms with Gasteiger partial charge < -0.3 is 14.2 Å². The predicted octanol–water partition coefficient (Wildman–Crippen LogP) is 13.2. The minimum absolute atomic E-state index is 0.0701. The molecule has 73 heavy (non-hydrogen) atoms. The first kappa shape index (κ1) is 51.3. The van der Waals surface area contributed by atoms with Crippen LogP contribution in [0.3, 0.4) is 0 Å². The summed E-state index contributed by atoms with van der Waals surface area (Å²) in [6, 6.07) is 15.7. The SMILES string of the molecule is C#CC#CC#CC#CC#CC#CC#CC#COc1cc(CN2C(=O)c3ccc4c5c(Br)cc6c7c(ccc(c8c(Br)cc(c3c48)C2=O)c75)C(=O)OC6=O)ccc1OCCCCCCCCCCCCCCCC. The molecule has 0 aliphatic carbocycles. The van der Waals surface area contributed by atoms with Crippen molar-refractivity contribution in [3.8, 4) is 107 Å². The Labute approximate surface area is 442 Å². The van der Waals surface area contributed by atoms with Crippen LogP contribution in [0.4, 0.5) is 0 Å². The number of imide groups is 1. The summed E-state index contributed by atoms with van der Waals surface area (Å²) in [5, 5.41) is 5.41. The van der Waals surface area contributed by atoms with Gasteiger partial charge in [0.25, 0.3) is 11.8 Å². The number of halogens is 2. The minimum Gasteiger partial charge on any atom is -0.490 e. The van der Waals surface area contributed by atoms with Gasteiger partial charge in [0, 0.05) is 93.8 Å². The summed E-state index contributed by atoms with van der Waals surface area (Å²) in [4.78, 5) is 56.3. The van der Waals surface area contributed by atoms with E-state index in [4.69, 9.17) is 20.6 Å². The molecule has 0 fully saturated rings. The number of hydrogen-bond acceptors (Lipinski definition) is 7. The Balaban J connectivity index is 0.991. The van der Waals surface area contributed by atoms with Crippen molar-refractivity contribution in [2.75, 3.05) is 6.61 Å². The van der Waals surface area contributed by atoms with E-state index in [-0.39, 0.29) is 17.7 Å². The molecule has 2 aliphatic heterocycles. The molecule has 8 rings (SSSR count). The molecule has 2 aliphatic rings. The van der Waals surface area contributed by atoms with Crippen molar-refractivity contribution >= 4 is 98.7 Å². The molecule has 2 heterocycles. The number of terminal acetylenes is 1. The molecule has 6 aromatic carbocycles. The number of cyclic esters (lactones) is 2. The summed E-state index contributed by atoms with van der Waals surface area (Å²) < 4.78 is 18.4. The molecule has 0 atom stereocenters. The van der Waals surface area contributed by atoms with Crippen molar-refractivity contribution < 1.29 is 33.4 Å². The zero-order valence-corrected chi connectivity index (χ0v) is 43.3. The molecule has 0 saturated carbocycles. The molecule has 8 nitrogen and oxygen atoms in total. The molecule has 0 bridgehead atoms. The lowest BCUT2D eigenvalue weighted by atomic mass is 9.83. The maximum atomic E-state index is 14.6. The first-order valence-electron chi connectivity index (χ1n) is 24.3. The number of carbonyl (C=O) groups excluding carboxylic acids is 4. The van der Waals surface area contributed by atoms with E-state index in [1.165, 1.54) is 75.5 Å². The van der Waals surface area contributed by atoms with Gasteiger partial charge in [0.2, 0.25) is 0 Å². The van der Waals surface area contributed by atoms with Crippen LogP contribution < -0.4 is 9.47 Å². The second kappa shape index (κ2) is 24.9. The number of unbranched alkanes of at least 4 members (excludes halogenated alkanes) is 13. The quantitative estimate of drug-likeness (QED) is 0.0151. The highest BCUT2D eigenvalue weighted by atomic mass is 79.9. The molecular formula is C63H45Br2NO7. The van der Waals surface area contributed by atoms with E-state index in [1.807, 2.05) is 12.1 Å². The Hall–Kier alpha value is -8.06. The molecule has 0 spiro atoms. The molecule has 0 aromatic heterocycles. The van der Waals surface area contributed by atoms with Crippen LogP contribution in [-0.2, 0) is 11.3 Å². The Kier molecular flexibility index (Phi) is 17.5. The number of hydrogen-bond donors (Lipinski definition) is 0. The highest BCUT2D eigenvalue weighted by Crippen LogP contribution is 2.50. The third-order valence-corrected chi connectivity index (χ3v) is 14.0. The summed E-state index contributed by atoms with van der Waals surface area (Å²) in [5.41, 5.74) is 1.87. The number of esters is 2. The Morgan fingerprint density at radius 2 is 0.973 bits per heavy atom. The zero-order valence-electron chi connectivity index (χ0n) is 40.1. The van der Waals surface area contributed by atoms with Crippen molar-refractivity contribution in [1.82, 2.24) is 4.90 Å². The standard InChI is InChI=1S/C63H45Br2NO7/c1-3-5-7-9-11-13-15-17-19-21-23-25-27-29-37-71-52-36-31-43(39-53(52)72-38-30-28-26-24-22-20-18-16-14-12-10-8-6-4-2)42-66-60(67)46-34-32-44-57-51(65)41-49-55-47(62(69)73-63(49)70)35-33-45(59(55)57)56-50(64)40-48(61(66)68)54(46)58(44)56/h2,31-36,39-41H,3,5,7,9,11,13,15,17,19,21,23,25,27,29,37,42H2,1H3. The number of carbonyl (C=O) groups is 4. The molecule has 358 valence electrons. The van der Waals surface area contributed by atoms with Crippen LogP contribution in [0.5, 0.6) is 11.5 Å². The Bertz CT molecular complexity index is 3760. The second-order valence-electron chi connectivity index (χ2n) is 17.5. The monoisotopic (exact) mass is 1090 g/mol. The van der Waals surface area contributed by atoms with Gasteiger partial charge in [0.1, 0.15) is 6.11 Å². The predicted molar refractivity (Wildman–Crippen MR) is 293 cm³/mol. The van der Waals surface area contributed by atoms with Gasteiger partial charge in [-0.25, -0.2) is 9.59 Å². The van der Waals surface area contributed by atoms with Crippen molar-refractivity contribution in [2.24, 2.45) is 0 Å². The van der Waals surface area contributed by atoms with Gasteiger partial charge in [0.15, 0.2) is 11.5 Å². The number of benzene rings is 6. The van der Waals surface area contributed by atoms with Gasteiger partial charge in [-0.15, -0.1) is 6.42 Å². The third kappa shape index (κ3) is 11.7. The van der Waals surface area contributed by atoms with Crippen LogP contribution in [0.1, 0.15) is 144 Å². The van der Waals surface area contributed by atoms with Gasteiger partial charge >= 0.3 is 11.9 Å². The van der Waals surface area contributed by atoms with E-state index in [2.05, 4.69) is 128 Å². The second-order valence-corrected chi connectivity index (χ2v) is 19.2. The van der Waals surface area contributed by atoms with Crippen LogP contribution in [0, 0.1) is 95.4 Å². The van der Waals surface area contributed by atoms with Crippen molar-refractivity contribution in [3.63, 3.8) is 0 Å². The van der Waals surface area contributed by atoms with Crippen molar-refractivity contribution in [1.29, 1.82) is 0 Å². The van der Waals surface area contributed by atoms with E-state index < -0.39 is 23.8 Å². The largest absolute Gasteiger partial charge is 0.490 e. The molecule has 0 unspecified atom stereocenters. The number of fused-ring (bicyclic) bond motifs is 2. The number of amides is 2. The number of nitrogens with zero attached hydrogens (tertiary/aromatic N) is 1. The maximum absolute atomic E-state index is 14.6. The lowest BCUT2D eigenvalue weighted by Crippen LogP contribution is -2.39. The van der Waals surface area contributed by atoms with Crippen molar-refractivity contribution in [2.45, 2.75) is 103 Å². The Morgan fingerprint density at radius 1 is 0.493 bits per heavy atom. The van der Waals surface area contributed by atoms with Gasteiger partial charge in [-0.2, -0.15) is 0 Å². The average Bonchev–Trinajstić information content (AvgIpc) is 3.38. The van der Waals surface area contributed by atoms with Gasteiger partial charge in [-0.1, -0.05) is 140 Å². The van der Waals surface area contributed by atoms with E-state index in [1.54, 1.807) is 42.5 Å². The van der Waals surface area contributed by atoms with E-state index >= 15 is 0 Å². The Morgan fingerprint density at radius 3 is 1.55 bits per heavy atom. The molecular weight excluding hydrogens is 1040 g/mol. The maximum Gasteiger partial charge on any atom is 0.346 e. The lowest BCUT2D eigenvalue weighted by Gasteiger charge is -2.29. The first-order chi connectivity index (χ1) is 35.7. The van der Waals surface area contributed by atoms with Crippen LogP contribution in [0.2, 0.25) is 0 Å². The van der Waals surface area contributed by atoms with E-state index in [0.717, 1.165) is 40.8 Å². The molecule has 0 radical (unpaired) electrons.